The van der Waals surface area contributed by atoms with E-state index in [9.17, 15) is 0 Å². The lowest BCUT2D eigenvalue weighted by Gasteiger charge is -2.08. The molecule has 96 valence electrons. The van der Waals surface area contributed by atoms with Gasteiger partial charge in [0.1, 0.15) is 0 Å². The van der Waals surface area contributed by atoms with E-state index in [1.807, 2.05) is 42.8 Å². The molecule has 0 aliphatic heterocycles. The zero-order valence-corrected chi connectivity index (χ0v) is 12.0. The van der Waals surface area contributed by atoms with Crippen LogP contribution in [0.25, 0.3) is 22.3 Å². The number of rotatable bonds is 1. The van der Waals surface area contributed by atoms with E-state index in [1.165, 1.54) is 0 Å². The van der Waals surface area contributed by atoms with E-state index in [1.54, 1.807) is 0 Å². The zero-order chi connectivity index (χ0) is 13.6. The lowest BCUT2D eigenvalue weighted by Crippen LogP contribution is -1.96. The highest BCUT2D eigenvalue weighted by atomic mass is 35.5. The van der Waals surface area contributed by atoms with Gasteiger partial charge in [0.05, 0.1) is 10.5 Å². The molecule has 19 heavy (non-hydrogen) atoms. The van der Waals surface area contributed by atoms with Gasteiger partial charge in [-0.1, -0.05) is 23.7 Å². The Morgan fingerprint density at radius 3 is 2.84 bits per heavy atom. The Labute approximate surface area is 120 Å². The summed E-state index contributed by atoms with van der Waals surface area (Å²) in [5.41, 5.74) is 2.65. The first-order chi connectivity index (χ1) is 9.08. The number of halogens is 1. The number of hydrogen-bond donors (Lipinski definition) is 1. The first-order valence-electron chi connectivity index (χ1n) is 5.75. The lowest BCUT2D eigenvalue weighted by molar-refractivity contribution is 0.902. The molecule has 3 rings (SSSR count). The van der Waals surface area contributed by atoms with Crippen molar-refractivity contribution in [2.75, 3.05) is 0 Å². The second kappa shape index (κ2) is 4.43. The number of benzene rings is 1. The normalized spacial score (nSPS) is 11.1. The monoisotopic (exact) mass is 290 g/mol. The number of aromatic nitrogens is 4. The SMILES string of the molecule is Cc1cc(-c2n[nH]c(=S)n2C)c2cccc(Cl)c2n1. The van der Waals surface area contributed by atoms with Crippen molar-refractivity contribution in [2.45, 2.75) is 6.92 Å². The van der Waals surface area contributed by atoms with Crippen LogP contribution in [0.5, 0.6) is 0 Å². The van der Waals surface area contributed by atoms with Crippen molar-refractivity contribution in [2.24, 2.45) is 7.05 Å². The molecule has 0 radical (unpaired) electrons. The molecule has 0 aliphatic rings. The molecule has 0 saturated carbocycles. The van der Waals surface area contributed by atoms with Gasteiger partial charge in [-0.25, -0.2) is 0 Å². The number of fused-ring (bicyclic) bond motifs is 1. The van der Waals surface area contributed by atoms with E-state index in [0.29, 0.717) is 9.79 Å². The van der Waals surface area contributed by atoms with Crippen LogP contribution in [0, 0.1) is 11.7 Å². The summed E-state index contributed by atoms with van der Waals surface area (Å²) in [6, 6.07) is 7.72. The molecule has 0 amide bonds. The molecule has 4 nitrogen and oxygen atoms in total. The molecule has 1 N–H and O–H groups in total. The standard InChI is InChI=1S/C13H11ClN4S/c1-7-6-9(12-16-17-13(19)18(12)2)8-4-3-5-10(14)11(8)15-7/h3-6H,1-2H3,(H,17,19). The molecule has 0 atom stereocenters. The molecule has 2 heterocycles. The maximum atomic E-state index is 6.22. The van der Waals surface area contributed by atoms with E-state index in [-0.39, 0.29) is 0 Å². The number of pyridine rings is 1. The van der Waals surface area contributed by atoms with Crippen LogP contribution in [-0.2, 0) is 7.05 Å². The molecule has 1 aromatic carbocycles. The van der Waals surface area contributed by atoms with Gasteiger partial charge in [-0.2, -0.15) is 5.10 Å². The van der Waals surface area contributed by atoms with Crippen molar-refractivity contribution in [1.29, 1.82) is 0 Å². The van der Waals surface area contributed by atoms with E-state index in [0.717, 1.165) is 28.0 Å². The summed E-state index contributed by atoms with van der Waals surface area (Å²) in [5, 5.41) is 8.68. The second-order valence-corrected chi connectivity index (χ2v) is 5.15. The third-order valence-corrected chi connectivity index (χ3v) is 3.71. The van der Waals surface area contributed by atoms with E-state index < -0.39 is 0 Å². The Bertz CT molecular complexity index is 834. The van der Waals surface area contributed by atoms with Crippen molar-refractivity contribution in [3.8, 4) is 11.4 Å². The summed E-state index contributed by atoms with van der Waals surface area (Å²) < 4.78 is 2.42. The lowest BCUT2D eigenvalue weighted by atomic mass is 10.1. The smallest absolute Gasteiger partial charge is 0.195 e. The molecule has 0 fully saturated rings. The minimum atomic E-state index is 0.583. The minimum absolute atomic E-state index is 0.583. The van der Waals surface area contributed by atoms with Crippen LogP contribution in [0.2, 0.25) is 5.02 Å². The number of H-pyrrole nitrogens is 1. The van der Waals surface area contributed by atoms with Gasteiger partial charge in [0.15, 0.2) is 10.6 Å². The van der Waals surface area contributed by atoms with E-state index >= 15 is 0 Å². The maximum Gasteiger partial charge on any atom is 0.195 e. The zero-order valence-electron chi connectivity index (χ0n) is 10.4. The summed E-state index contributed by atoms with van der Waals surface area (Å²) in [5.74, 6) is 0.780. The van der Waals surface area contributed by atoms with Crippen LogP contribution in [-0.4, -0.2) is 19.7 Å². The van der Waals surface area contributed by atoms with Crippen LogP contribution < -0.4 is 0 Å². The fraction of sp³-hybridized carbons (Fsp3) is 0.154. The summed E-state index contributed by atoms with van der Waals surface area (Å²) in [6.45, 7) is 1.94. The van der Waals surface area contributed by atoms with E-state index in [2.05, 4.69) is 15.2 Å². The van der Waals surface area contributed by atoms with Crippen LogP contribution >= 0.6 is 23.8 Å². The van der Waals surface area contributed by atoms with Gasteiger partial charge in [-0.3, -0.25) is 10.1 Å². The van der Waals surface area contributed by atoms with Crippen molar-refractivity contribution in [1.82, 2.24) is 19.7 Å². The van der Waals surface area contributed by atoms with Crippen molar-refractivity contribution >= 4 is 34.7 Å². The molecule has 3 aromatic rings. The number of aromatic amines is 1. The molecular weight excluding hydrogens is 280 g/mol. The first-order valence-corrected chi connectivity index (χ1v) is 6.54. The van der Waals surface area contributed by atoms with Crippen molar-refractivity contribution < 1.29 is 0 Å². The molecule has 0 saturated heterocycles. The summed E-state index contributed by atoms with van der Waals surface area (Å²) in [4.78, 5) is 4.49. The van der Waals surface area contributed by atoms with Gasteiger partial charge < -0.3 is 4.57 Å². The molecular formula is C13H11ClN4S. The average molecular weight is 291 g/mol. The van der Waals surface area contributed by atoms with Crippen LogP contribution in [0.3, 0.4) is 0 Å². The Hall–Kier alpha value is -1.72. The summed E-state index contributed by atoms with van der Waals surface area (Å²) in [7, 11) is 1.88. The van der Waals surface area contributed by atoms with Gasteiger partial charge in [-0.15, -0.1) is 0 Å². The molecule has 6 heteroatoms. The van der Waals surface area contributed by atoms with Gasteiger partial charge in [0.25, 0.3) is 0 Å². The van der Waals surface area contributed by atoms with Gasteiger partial charge in [-0.05, 0) is 31.3 Å². The molecule has 0 spiro atoms. The highest BCUT2D eigenvalue weighted by molar-refractivity contribution is 7.71. The number of nitrogens with zero attached hydrogens (tertiary/aromatic N) is 3. The second-order valence-electron chi connectivity index (χ2n) is 4.36. The fourth-order valence-electron chi connectivity index (χ4n) is 2.11. The summed E-state index contributed by atoms with van der Waals surface area (Å²) >= 11 is 11.4. The Kier molecular flexibility index (Phi) is 2.88. The van der Waals surface area contributed by atoms with Crippen molar-refractivity contribution in [3.63, 3.8) is 0 Å². The molecule has 2 aromatic heterocycles. The number of para-hydroxylation sites is 1. The topological polar surface area (TPSA) is 46.5 Å². The highest BCUT2D eigenvalue weighted by Gasteiger charge is 2.12. The highest BCUT2D eigenvalue weighted by Crippen LogP contribution is 2.30. The van der Waals surface area contributed by atoms with Crippen LogP contribution in [0.4, 0.5) is 0 Å². The number of aryl methyl sites for hydroxylation is 1. The average Bonchev–Trinajstić information content (AvgIpc) is 2.70. The van der Waals surface area contributed by atoms with Crippen LogP contribution in [0.1, 0.15) is 5.69 Å². The third-order valence-electron chi connectivity index (χ3n) is 3.04. The Morgan fingerprint density at radius 1 is 1.37 bits per heavy atom. The quantitative estimate of drug-likeness (QED) is 0.696. The maximum absolute atomic E-state index is 6.22. The van der Waals surface area contributed by atoms with Gasteiger partial charge >= 0.3 is 0 Å². The predicted molar refractivity (Wildman–Crippen MR) is 78.9 cm³/mol. The fourth-order valence-corrected chi connectivity index (χ4v) is 2.46. The number of hydrogen-bond acceptors (Lipinski definition) is 3. The third kappa shape index (κ3) is 1.95. The molecule has 0 aliphatic carbocycles. The van der Waals surface area contributed by atoms with Gasteiger partial charge in [0, 0.05) is 23.7 Å². The largest absolute Gasteiger partial charge is 0.303 e. The molecule has 0 bridgehead atoms. The Morgan fingerprint density at radius 2 is 2.16 bits per heavy atom. The minimum Gasteiger partial charge on any atom is -0.303 e. The summed E-state index contributed by atoms with van der Waals surface area (Å²) in [6.07, 6.45) is 0. The van der Waals surface area contributed by atoms with Crippen molar-refractivity contribution in [3.05, 3.63) is 39.8 Å². The number of nitrogens with one attached hydrogen (secondary N) is 1. The van der Waals surface area contributed by atoms with Gasteiger partial charge in [0.2, 0.25) is 0 Å². The first kappa shape index (κ1) is 12.3. The van der Waals surface area contributed by atoms with Crippen LogP contribution in [0.15, 0.2) is 24.3 Å². The molecule has 0 unspecified atom stereocenters. The predicted octanol–water partition coefficient (Wildman–Crippen LogP) is 3.65. The Balaban J connectivity index is 2.44. The van der Waals surface area contributed by atoms with E-state index in [4.69, 9.17) is 23.8 Å².